The summed E-state index contributed by atoms with van der Waals surface area (Å²) in [6.45, 7) is 20.5. The van der Waals surface area contributed by atoms with E-state index in [2.05, 4.69) is 46.3 Å². The molecule has 6 aromatic rings. The summed E-state index contributed by atoms with van der Waals surface area (Å²) in [5, 5.41) is 3.04. The molecule has 2 amide bonds. The molecule has 2 saturated heterocycles. The van der Waals surface area contributed by atoms with Crippen LogP contribution in [0.2, 0.25) is 0 Å². The summed E-state index contributed by atoms with van der Waals surface area (Å²) in [6.07, 6.45) is 5.95. The van der Waals surface area contributed by atoms with E-state index in [1.807, 2.05) is 66.7 Å². The number of sulfonamides is 2. The number of likely N-dealkylation sites (tertiary alicyclic amines) is 2. The van der Waals surface area contributed by atoms with Crippen molar-refractivity contribution in [2.75, 3.05) is 74.0 Å². The van der Waals surface area contributed by atoms with Crippen molar-refractivity contribution >= 4 is 60.8 Å². The number of nitrogens with one attached hydrogen (secondary N) is 1. The van der Waals surface area contributed by atoms with Crippen LogP contribution in [-0.2, 0) is 29.6 Å². The van der Waals surface area contributed by atoms with E-state index in [1.54, 1.807) is 88.7 Å². The van der Waals surface area contributed by atoms with Crippen LogP contribution >= 0.6 is 0 Å². The highest BCUT2D eigenvalue weighted by Crippen LogP contribution is 2.36. The number of guanidine groups is 1. The molecule has 3 N–H and O–H groups in total. The van der Waals surface area contributed by atoms with Crippen LogP contribution in [0.5, 0.6) is 17.2 Å². The van der Waals surface area contributed by atoms with Gasteiger partial charge in [0, 0.05) is 49.3 Å². The standard InChI is InChI=1S/C21H26N2O5S.C21H26N2O4S.C16H21N5.2C2H6/c1-27-17-11-12-20(28-2)19(15-17)23(16-21(24)22-13-7-4-8-14-22)29(25,26)18-9-5-3-6-10-18;1-2-27-20-14-8-7-13-19(20)23(17-21(24)22-15-9-4-10-16-22)28(25,26)18-11-5-3-6-12-18;1-10(2)13-5-7-14(8-6-13)20-15(17)21-16-18-11(3)9-12(4)19-16;2*1-2/h3,5-6,9-12,15H,4,7-8,13-14,16H2,1-2H3;3,5-8,11-14H,2,4,9-10,15-17H2,1H3;5-10H,1-4H3,(H3,17,18,19,20,21);2*1-2H3. The van der Waals surface area contributed by atoms with Crippen molar-refractivity contribution < 1.29 is 40.6 Å². The van der Waals surface area contributed by atoms with Crippen molar-refractivity contribution in [3.8, 4) is 17.2 Å². The second-order valence-electron chi connectivity index (χ2n) is 18.8. The van der Waals surface area contributed by atoms with E-state index in [-0.39, 0.29) is 46.3 Å². The van der Waals surface area contributed by atoms with Gasteiger partial charge >= 0.3 is 0 Å². The first-order valence-electron chi connectivity index (χ1n) is 28.1. The summed E-state index contributed by atoms with van der Waals surface area (Å²) in [5.41, 5.74) is 10.5. The van der Waals surface area contributed by atoms with Gasteiger partial charge in [-0.05, 0) is 138 Å². The molecule has 0 spiro atoms. The molecule has 2 fully saturated rings. The smallest absolute Gasteiger partial charge is 0.264 e. The quantitative estimate of drug-likeness (QED) is 0.0642. The van der Waals surface area contributed by atoms with Gasteiger partial charge in [-0.15, -0.1) is 0 Å². The fourth-order valence-corrected chi connectivity index (χ4v) is 11.6. The van der Waals surface area contributed by atoms with Crippen LogP contribution in [0.3, 0.4) is 0 Å². The fourth-order valence-electron chi connectivity index (χ4n) is 8.70. The lowest BCUT2D eigenvalue weighted by molar-refractivity contribution is -0.131. The first-order chi connectivity index (χ1) is 39.4. The highest BCUT2D eigenvalue weighted by molar-refractivity contribution is 7.93. The number of carbonyl (C=O) groups excluding carboxylic acids is 2. The Hall–Kier alpha value is -7.71. The maximum absolute atomic E-state index is 13.5. The van der Waals surface area contributed by atoms with Gasteiger partial charge in [-0.2, -0.15) is 4.99 Å². The number of anilines is 3. The third-order valence-electron chi connectivity index (χ3n) is 12.8. The molecular formula is C62H85N9O9S2. The average Bonchev–Trinajstić information content (AvgIpc) is 3.60. The molecule has 82 heavy (non-hydrogen) atoms. The lowest BCUT2D eigenvalue weighted by Crippen LogP contribution is -2.45. The Balaban J connectivity index is 0.000000259. The molecule has 0 atom stereocenters. The van der Waals surface area contributed by atoms with Crippen LogP contribution in [-0.4, -0.2) is 114 Å². The number of piperidine rings is 2. The van der Waals surface area contributed by atoms with Crippen LogP contribution in [0, 0.1) is 13.8 Å². The monoisotopic (exact) mass is 1160 g/mol. The molecule has 20 heteroatoms. The number of aromatic nitrogens is 2. The van der Waals surface area contributed by atoms with Gasteiger partial charge in [-0.3, -0.25) is 18.2 Å². The zero-order valence-electron chi connectivity index (χ0n) is 49.7. The van der Waals surface area contributed by atoms with Gasteiger partial charge in [0.25, 0.3) is 26.0 Å². The molecule has 18 nitrogen and oxygen atoms in total. The van der Waals surface area contributed by atoms with Crippen molar-refractivity contribution in [1.29, 1.82) is 0 Å². The van der Waals surface area contributed by atoms with E-state index >= 15 is 0 Å². The number of methoxy groups -OCH3 is 2. The summed E-state index contributed by atoms with van der Waals surface area (Å²) in [5.74, 6) is 1.99. The number of aryl methyl sites for hydroxylation is 2. The zero-order chi connectivity index (χ0) is 60.2. The third-order valence-corrected chi connectivity index (χ3v) is 16.3. The van der Waals surface area contributed by atoms with E-state index < -0.39 is 20.0 Å². The Morgan fingerprint density at radius 1 is 0.610 bits per heavy atom. The minimum absolute atomic E-state index is 0.108. The van der Waals surface area contributed by atoms with Gasteiger partial charge in [0.05, 0.1) is 42.0 Å². The van der Waals surface area contributed by atoms with Crippen LogP contribution in [0.25, 0.3) is 0 Å². The number of nitrogens with two attached hydrogens (primary N) is 1. The van der Waals surface area contributed by atoms with E-state index in [4.69, 9.17) is 19.9 Å². The first-order valence-corrected chi connectivity index (χ1v) is 31.0. The number of hydrogen-bond acceptors (Lipinski definition) is 12. The largest absolute Gasteiger partial charge is 0.497 e. The molecule has 2 aliphatic heterocycles. The summed E-state index contributed by atoms with van der Waals surface area (Å²) >= 11 is 0. The molecule has 1 aromatic heterocycles. The van der Waals surface area contributed by atoms with Gasteiger partial charge < -0.3 is 35.1 Å². The van der Waals surface area contributed by atoms with E-state index in [9.17, 15) is 26.4 Å². The Morgan fingerprint density at radius 3 is 1.52 bits per heavy atom. The highest BCUT2D eigenvalue weighted by Gasteiger charge is 2.33. The molecule has 0 unspecified atom stereocenters. The van der Waals surface area contributed by atoms with Crippen LogP contribution in [0.4, 0.5) is 23.0 Å². The number of aliphatic imine (C=N–C) groups is 1. The number of ether oxygens (including phenoxy) is 3. The first kappa shape index (κ1) is 66.8. The summed E-state index contributed by atoms with van der Waals surface area (Å²) < 4.78 is 72.4. The highest BCUT2D eigenvalue weighted by atomic mass is 32.2. The molecule has 0 bridgehead atoms. The fraction of sp³-hybridized carbons (Fsp3) is 0.403. The van der Waals surface area contributed by atoms with Gasteiger partial charge in [0.1, 0.15) is 30.3 Å². The van der Waals surface area contributed by atoms with Crippen molar-refractivity contribution in [2.45, 2.75) is 117 Å². The van der Waals surface area contributed by atoms with E-state index in [1.165, 1.54) is 48.4 Å². The maximum Gasteiger partial charge on any atom is 0.264 e. The van der Waals surface area contributed by atoms with Crippen LogP contribution in [0.1, 0.15) is 110 Å². The molecular weight excluding hydrogens is 1080 g/mol. The number of benzene rings is 5. The summed E-state index contributed by atoms with van der Waals surface area (Å²) in [4.78, 5) is 42.3. The second-order valence-corrected chi connectivity index (χ2v) is 22.5. The molecule has 3 heterocycles. The third kappa shape index (κ3) is 19.5. The number of rotatable bonds is 17. The lowest BCUT2D eigenvalue weighted by atomic mass is 10.0. The van der Waals surface area contributed by atoms with Gasteiger partial charge in [-0.1, -0.05) is 102 Å². The van der Waals surface area contributed by atoms with E-state index in [0.717, 1.165) is 59.9 Å². The SMILES string of the molecule is CC.CC.CCOc1ccccc1N(CC(=O)N1CCCCC1)S(=O)(=O)c1ccccc1.COc1ccc(OC)c(N(CC(=O)N2CCCCC2)S(=O)(=O)c2ccccc2)c1.Cc1cc(C)nc(/N=C(/N)Nc2ccc(C(C)C)cc2)n1. The van der Waals surface area contributed by atoms with Crippen LogP contribution < -0.4 is 33.9 Å². The molecule has 8 rings (SSSR count). The predicted molar refractivity (Wildman–Crippen MR) is 330 cm³/mol. The number of amides is 2. The normalized spacial score (nSPS) is 13.2. The van der Waals surface area contributed by atoms with Crippen LogP contribution in [0.15, 0.2) is 148 Å². The number of para-hydroxylation sites is 2. The van der Waals surface area contributed by atoms with Crippen molar-refractivity contribution in [2.24, 2.45) is 10.7 Å². The average molecular weight is 1160 g/mol. The van der Waals surface area contributed by atoms with Crippen molar-refractivity contribution in [3.63, 3.8) is 0 Å². The Kier molecular flexibility index (Phi) is 27.6. The van der Waals surface area contributed by atoms with Gasteiger partial charge in [0.2, 0.25) is 17.8 Å². The minimum atomic E-state index is -4.00. The topological polar surface area (TPSA) is 219 Å². The number of hydrogen-bond donors (Lipinski definition) is 2. The van der Waals surface area contributed by atoms with E-state index in [0.29, 0.717) is 67.6 Å². The second kappa shape index (κ2) is 33.9. The number of carbonyl (C=O) groups is 2. The zero-order valence-corrected chi connectivity index (χ0v) is 51.3. The predicted octanol–water partition coefficient (Wildman–Crippen LogP) is 11.5. The Bertz CT molecular complexity index is 3140. The molecule has 2 aliphatic rings. The lowest BCUT2D eigenvalue weighted by Gasteiger charge is -2.31. The minimum Gasteiger partial charge on any atom is -0.497 e. The van der Waals surface area contributed by atoms with Gasteiger partial charge in [-0.25, -0.2) is 26.8 Å². The molecule has 0 saturated carbocycles. The van der Waals surface area contributed by atoms with Crippen molar-refractivity contribution in [1.82, 2.24) is 19.8 Å². The molecule has 0 radical (unpaired) electrons. The Labute approximate surface area is 487 Å². The van der Waals surface area contributed by atoms with Gasteiger partial charge in [0.15, 0.2) is 0 Å². The summed E-state index contributed by atoms with van der Waals surface area (Å²) in [7, 11) is -4.95. The molecule has 0 aliphatic carbocycles. The van der Waals surface area contributed by atoms with Crippen molar-refractivity contribution in [3.05, 3.63) is 150 Å². The summed E-state index contributed by atoms with van der Waals surface area (Å²) in [6, 6.07) is 38.1. The molecule has 5 aromatic carbocycles. The Morgan fingerprint density at radius 2 is 1.07 bits per heavy atom. The number of nitrogens with zero attached hydrogens (tertiary/aromatic N) is 7. The maximum atomic E-state index is 13.5. The molecule has 444 valence electrons.